The highest BCUT2D eigenvalue weighted by Crippen LogP contribution is 2.56. The van der Waals surface area contributed by atoms with Gasteiger partial charge in [-0.2, -0.15) is 0 Å². The van der Waals surface area contributed by atoms with E-state index in [0.717, 1.165) is 5.56 Å². The van der Waals surface area contributed by atoms with Crippen molar-refractivity contribution >= 4 is 18.2 Å². The molecule has 0 aromatic heterocycles. The summed E-state index contributed by atoms with van der Waals surface area (Å²) in [6.07, 6.45) is -0.631. The van der Waals surface area contributed by atoms with Crippen LogP contribution >= 0.6 is 18.2 Å². The van der Waals surface area contributed by atoms with E-state index in [0.29, 0.717) is 23.4 Å². The molecule has 6 nitrogen and oxygen atoms in total. The van der Waals surface area contributed by atoms with Gasteiger partial charge in [-0.1, -0.05) is 25.1 Å². The normalized spacial score (nSPS) is 14.3. The van der Waals surface area contributed by atoms with Crippen molar-refractivity contribution in [3.8, 4) is 11.5 Å². The molecular formula is C16H19O6PS. The maximum absolute atomic E-state index is 11.2. The van der Waals surface area contributed by atoms with Crippen LogP contribution in [0.1, 0.15) is 36.5 Å². The van der Waals surface area contributed by atoms with Gasteiger partial charge in [0, 0.05) is 4.90 Å². The minimum atomic E-state index is -4.41. The minimum Gasteiger partial charge on any atom is -0.508 e. The molecule has 0 heterocycles. The zero-order valence-corrected chi connectivity index (χ0v) is 14.6. The van der Waals surface area contributed by atoms with Gasteiger partial charge in [0.25, 0.3) is 0 Å². The van der Waals surface area contributed by atoms with Crippen molar-refractivity contribution in [2.75, 3.05) is 0 Å². The van der Waals surface area contributed by atoms with Crippen LogP contribution in [0.15, 0.2) is 47.4 Å². The van der Waals surface area contributed by atoms with Crippen LogP contribution in [0.25, 0.3) is 0 Å². The Morgan fingerprint density at radius 1 is 1.04 bits per heavy atom. The van der Waals surface area contributed by atoms with E-state index in [2.05, 4.69) is 0 Å². The third-order valence-electron chi connectivity index (χ3n) is 3.61. The van der Waals surface area contributed by atoms with Gasteiger partial charge in [-0.05, 0) is 59.1 Å². The molecule has 0 bridgehead atoms. The molecule has 24 heavy (non-hydrogen) atoms. The van der Waals surface area contributed by atoms with Crippen LogP contribution in [0, 0.1) is 0 Å². The fourth-order valence-corrected chi connectivity index (χ4v) is 4.39. The summed E-state index contributed by atoms with van der Waals surface area (Å²) in [5.41, 5.74) is 1.28. The lowest BCUT2D eigenvalue weighted by molar-refractivity contribution is 0.157. The van der Waals surface area contributed by atoms with Crippen molar-refractivity contribution in [1.29, 1.82) is 0 Å². The molecule has 0 aliphatic carbocycles. The number of phenolic OH excluding ortho intramolecular Hbond substituents is 2. The Morgan fingerprint density at radius 3 is 2.21 bits per heavy atom. The largest absolute Gasteiger partial charge is 0.508 e. The Hall–Kier alpha value is -1.50. The van der Waals surface area contributed by atoms with Crippen LogP contribution in [0.5, 0.6) is 11.5 Å². The molecule has 0 saturated heterocycles. The summed E-state index contributed by atoms with van der Waals surface area (Å²) >= 11 is 0.308. The third kappa shape index (κ3) is 5.26. The van der Waals surface area contributed by atoms with Gasteiger partial charge >= 0.3 is 6.80 Å². The second kappa shape index (κ2) is 7.59. The lowest BCUT2D eigenvalue weighted by atomic mass is 9.92. The molecule has 0 radical (unpaired) electrons. The van der Waals surface area contributed by atoms with E-state index in [1.54, 1.807) is 24.3 Å². The molecule has 0 saturated carbocycles. The molecule has 5 N–H and O–H groups in total. The molecule has 2 unspecified atom stereocenters. The number of phenols is 2. The van der Waals surface area contributed by atoms with Crippen molar-refractivity contribution in [1.82, 2.24) is 0 Å². The maximum atomic E-state index is 11.2. The number of hydrogen-bond donors (Lipinski definition) is 5. The molecular weight excluding hydrogens is 351 g/mol. The first kappa shape index (κ1) is 18.8. The molecule has 2 aromatic rings. The SMILES string of the molecule is CC(CC(O)c1ccc(O)cc1SP(=O)(O)O)c1ccc(O)cc1. The number of aromatic hydroxyl groups is 2. The molecule has 8 heteroatoms. The van der Waals surface area contributed by atoms with Gasteiger partial charge in [0.2, 0.25) is 0 Å². The molecule has 0 fully saturated rings. The van der Waals surface area contributed by atoms with Gasteiger partial charge in [-0.3, -0.25) is 0 Å². The van der Waals surface area contributed by atoms with Crippen molar-refractivity contribution < 1.29 is 29.7 Å². The summed E-state index contributed by atoms with van der Waals surface area (Å²) in [5, 5.41) is 29.3. The molecule has 130 valence electrons. The van der Waals surface area contributed by atoms with Gasteiger partial charge in [-0.25, -0.2) is 4.57 Å². The van der Waals surface area contributed by atoms with Crippen molar-refractivity contribution in [2.24, 2.45) is 0 Å². The second-order valence-corrected chi connectivity index (χ2v) is 9.13. The summed E-state index contributed by atoms with van der Waals surface area (Å²) in [6.45, 7) is -2.50. The van der Waals surface area contributed by atoms with E-state index >= 15 is 0 Å². The second-order valence-electron chi connectivity index (χ2n) is 5.55. The summed E-state index contributed by atoms with van der Waals surface area (Å²) in [7, 11) is 0. The van der Waals surface area contributed by atoms with Gasteiger partial charge in [0.1, 0.15) is 11.5 Å². The van der Waals surface area contributed by atoms with E-state index < -0.39 is 12.9 Å². The quantitative estimate of drug-likeness (QED) is 0.494. The van der Waals surface area contributed by atoms with Gasteiger partial charge in [-0.15, -0.1) is 0 Å². The van der Waals surface area contributed by atoms with Crippen LogP contribution in [-0.2, 0) is 4.57 Å². The molecule has 2 aromatic carbocycles. The number of aliphatic hydroxyl groups is 1. The summed E-state index contributed by atoms with van der Waals surface area (Å²) < 4.78 is 11.2. The van der Waals surface area contributed by atoms with Crippen LogP contribution in [0.4, 0.5) is 0 Å². The summed E-state index contributed by atoms with van der Waals surface area (Å²) in [5.74, 6) is -0.0128. The first-order valence-electron chi connectivity index (χ1n) is 7.21. The molecule has 0 amide bonds. The summed E-state index contributed by atoms with van der Waals surface area (Å²) in [4.78, 5) is 18.4. The van der Waals surface area contributed by atoms with E-state index in [9.17, 15) is 19.9 Å². The van der Waals surface area contributed by atoms with Crippen molar-refractivity contribution in [3.63, 3.8) is 0 Å². The summed E-state index contributed by atoms with van der Waals surface area (Å²) in [6, 6.07) is 10.7. The maximum Gasteiger partial charge on any atom is 0.388 e. The van der Waals surface area contributed by atoms with E-state index in [4.69, 9.17) is 9.79 Å². The van der Waals surface area contributed by atoms with Crippen molar-refractivity contribution in [3.05, 3.63) is 53.6 Å². The fraction of sp³-hybridized carbons (Fsp3) is 0.250. The smallest absolute Gasteiger partial charge is 0.388 e. The zero-order chi connectivity index (χ0) is 17.9. The lowest BCUT2D eigenvalue weighted by Crippen LogP contribution is -2.05. The zero-order valence-electron chi connectivity index (χ0n) is 12.9. The van der Waals surface area contributed by atoms with Gasteiger partial charge in [0.15, 0.2) is 0 Å². The van der Waals surface area contributed by atoms with Crippen LogP contribution < -0.4 is 0 Å². The van der Waals surface area contributed by atoms with E-state index in [1.807, 2.05) is 6.92 Å². The fourth-order valence-electron chi connectivity index (χ4n) is 2.41. The molecule has 2 rings (SSSR count). The highest BCUT2D eigenvalue weighted by molar-refractivity contribution is 8.54. The first-order valence-corrected chi connectivity index (χ1v) is 10.2. The molecule has 2 atom stereocenters. The predicted octanol–water partition coefficient (Wildman–Crippen LogP) is 3.51. The number of hydrogen-bond acceptors (Lipinski definition) is 5. The topological polar surface area (TPSA) is 118 Å². The Kier molecular flexibility index (Phi) is 5.96. The number of aliphatic hydroxyl groups excluding tert-OH is 1. The first-order chi connectivity index (χ1) is 11.2. The van der Waals surface area contributed by atoms with E-state index in [1.165, 1.54) is 18.2 Å². The number of rotatable bonds is 6. The molecule has 0 aliphatic heterocycles. The Morgan fingerprint density at radius 2 is 1.62 bits per heavy atom. The Bertz CT molecular complexity index is 743. The predicted molar refractivity (Wildman–Crippen MR) is 92.1 cm³/mol. The van der Waals surface area contributed by atoms with Crippen molar-refractivity contribution in [2.45, 2.75) is 30.3 Å². The third-order valence-corrected chi connectivity index (χ3v) is 5.70. The lowest BCUT2D eigenvalue weighted by Gasteiger charge is -2.20. The monoisotopic (exact) mass is 370 g/mol. The highest BCUT2D eigenvalue weighted by atomic mass is 32.7. The average molecular weight is 370 g/mol. The minimum absolute atomic E-state index is 0.0395. The van der Waals surface area contributed by atoms with Crippen LogP contribution in [-0.4, -0.2) is 25.1 Å². The molecule has 0 aliphatic rings. The van der Waals surface area contributed by atoms with Crippen LogP contribution in [0.2, 0.25) is 0 Å². The van der Waals surface area contributed by atoms with E-state index in [-0.39, 0.29) is 22.3 Å². The average Bonchev–Trinajstić information content (AvgIpc) is 2.46. The Balaban J connectivity index is 2.21. The standard InChI is InChI=1S/C16H19O6PS/c1-10(11-2-4-12(17)5-3-11)8-15(19)14-7-6-13(18)9-16(14)24-23(20,21)22/h2-7,9-10,15,17-19H,8H2,1H3,(H2,20,21,22). The highest BCUT2D eigenvalue weighted by Gasteiger charge is 2.23. The van der Waals surface area contributed by atoms with Gasteiger partial charge < -0.3 is 25.1 Å². The Labute approximate surface area is 143 Å². The molecule has 0 spiro atoms. The van der Waals surface area contributed by atoms with Gasteiger partial charge in [0.05, 0.1) is 6.10 Å². The van der Waals surface area contributed by atoms with Crippen LogP contribution in [0.3, 0.4) is 0 Å². The number of benzene rings is 2.